The molecule has 1 aromatic carbocycles. The number of carbonyl (C=O) groups excluding carboxylic acids is 1. The second-order valence-electron chi connectivity index (χ2n) is 6.99. The van der Waals surface area contributed by atoms with Gasteiger partial charge in [0.25, 0.3) is 0 Å². The average molecular weight is 395 g/mol. The molecule has 1 atom stereocenters. The van der Waals surface area contributed by atoms with Gasteiger partial charge < -0.3 is 14.9 Å². The van der Waals surface area contributed by atoms with Crippen LogP contribution >= 0.6 is 22.9 Å². The van der Waals surface area contributed by atoms with Crippen LogP contribution in [0.1, 0.15) is 12.8 Å². The Morgan fingerprint density at radius 3 is 2.73 bits per heavy atom. The Morgan fingerprint density at radius 2 is 2.00 bits per heavy atom. The zero-order chi connectivity index (χ0) is 18.1. The molecule has 3 heterocycles. The van der Waals surface area contributed by atoms with Gasteiger partial charge in [-0.2, -0.15) is 0 Å². The van der Waals surface area contributed by atoms with Crippen molar-refractivity contribution < 1.29 is 9.90 Å². The van der Waals surface area contributed by atoms with E-state index in [4.69, 9.17) is 16.6 Å². The third kappa shape index (κ3) is 3.96. The van der Waals surface area contributed by atoms with E-state index in [1.54, 1.807) is 16.2 Å². The molecular formula is C18H23ClN4O2S. The largest absolute Gasteiger partial charge is 0.390 e. The molecule has 0 saturated carbocycles. The van der Waals surface area contributed by atoms with E-state index >= 15 is 0 Å². The number of nitrogens with zero attached hydrogens (tertiary/aromatic N) is 4. The summed E-state index contributed by atoms with van der Waals surface area (Å²) in [7, 11) is 0. The minimum absolute atomic E-state index is 0.171. The molecule has 0 aliphatic carbocycles. The number of rotatable bonds is 5. The van der Waals surface area contributed by atoms with Crippen LogP contribution in [0.3, 0.4) is 0 Å². The molecule has 2 fully saturated rings. The van der Waals surface area contributed by atoms with Gasteiger partial charge in [-0.3, -0.25) is 9.69 Å². The van der Waals surface area contributed by atoms with E-state index < -0.39 is 6.10 Å². The highest BCUT2D eigenvalue weighted by molar-refractivity contribution is 7.22. The van der Waals surface area contributed by atoms with Crippen LogP contribution < -0.4 is 4.90 Å². The van der Waals surface area contributed by atoms with E-state index in [0.717, 1.165) is 59.5 Å². The molecule has 140 valence electrons. The fourth-order valence-electron chi connectivity index (χ4n) is 3.65. The van der Waals surface area contributed by atoms with Crippen LogP contribution in [0, 0.1) is 0 Å². The van der Waals surface area contributed by atoms with Crippen LogP contribution in [-0.4, -0.2) is 77.7 Å². The van der Waals surface area contributed by atoms with Gasteiger partial charge in [0.1, 0.15) is 0 Å². The fourth-order valence-corrected chi connectivity index (χ4v) is 4.94. The standard InChI is InChI=1S/C18H23ClN4O2S/c19-13-3-4-15-16(10-13)26-18(20-15)22-8-6-21(7-9-22)11-14(24)12-23-5-1-2-17(23)25/h3-4,10,14,24H,1-2,5-9,11-12H2/t14-/m1/s1. The van der Waals surface area contributed by atoms with Crippen molar-refractivity contribution in [3.8, 4) is 0 Å². The highest BCUT2D eigenvalue weighted by Crippen LogP contribution is 2.31. The number of halogens is 1. The smallest absolute Gasteiger partial charge is 0.222 e. The van der Waals surface area contributed by atoms with Crippen molar-refractivity contribution in [3.05, 3.63) is 23.2 Å². The summed E-state index contributed by atoms with van der Waals surface area (Å²) in [4.78, 5) is 22.7. The van der Waals surface area contributed by atoms with Crippen molar-refractivity contribution >= 4 is 44.2 Å². The van der Waals surface area contributed by atoms with Gasteiger partial charge >= 0.3 is 0 Å². The number of fused-ring (bicyclic) bond motifs is 1. The number of benzene rings is 1. The Morgan fingerprint density at radius 1 is 1.19 bits per heavy atom. The predicted octanol–water partition coefficient (Wildman–Crippen LogP) is 2.05. The molecule has 8 heteroatoms. The minimum Gasteiger partial charge on any atom is -0.390 e. The van der Waals surface area contributed by atoms with E-state index in [1.807, 2.05) is 18.2 Å². The number of amides is 1. The maximum atomic E-state index is 11.7. The number of anilines is 1. The average Bonchev–Trinajstić information content (AvgIpc) is 3.21. The lowest BCUT2D eigenvalue weighted by Crippen LogP contribution is -2.50. The summed E-state index contributed by atoms with van der Waals surface area (Å²) in [6.45, 7) is 5.42. The second-order valence-corrected chi connectivity index (χ2v) is 8.44. The van der Waals surface area contributed by atoms with E-state index in [2.05, 4.69) is 9.80 Å². The summed E-state index contributed by atoms with van der Waals surface area (Å²) in [5.41, 5.74) is 0.988. The van der Waals surface area contributed by atoms with Crippen molar-refractivity contribution in [2.75, 3.05) is 50.7 Å². The van der Waals surface area contributed by atoms with Crippen molar-refractivity contribution in [2.45, 2.75) is 18.9 Å². The maximum Gasteiger partial charge on any atom is 0.222 e. The van der Waals surface area contributed by atoms with Gasteiger partial charge in [-0.1, -0.05) is 22.9 Å². The van der Waals surface area contributed by atoms with Crippen LogP contribution in [0.5, 0.6) is 0 Å². The lowest BCUT2D eigenvalue weighted by Gasteiger charge is -2.35. The van der Waals surface area contributed by atoms with Gasteiger partial charge in [-0.25, -0.2) is 4.98 Å². The molecule has 6 nitrogen and oxygen atoms in total. The summed E-state index contributed by atoms with van der Waals surface area (Å²) in [5, 5.41) is 12.1. The molecule has 26 heavy (non-hydrogen) atoms. The quantitative estimate of drug-likeness (QED) is 0.841. The molecule has 1 N–H and O–H groups in total. The van der Waals surface area contributed by atoms with Gasteiger partial charge in [0, 0.05) is 57.3 Å². The lowest BCUT2D eigenvalue weighted by molar-refractivity contribution is -0.129. The maximum absolute atomic E-state index is 11.7. The number of hydrogen-bond acceptors (Lipinski definition) is 6. The highest BCUT2D eigenvalue weighted by Gasteiger charge is 2.25. The van der Waals surface area contributed by atoms with Gasteiger partial charge in [0.05, 0.1) is 16.3 Å². The molecule has 0 spiro atoms. The topological polar surface area (TPSA) is 59.9 Å². The zero-order valence-electron chi connectivity index (χ0n) is 14.6. The van der Waals surface area contributed by atoms with Crippen molar-refractivity contribution in [1.29, 1.82) is 0 Å². The Labute approximate surface area is 162 Å². The predicted molar refractivity (Wildman–Crippen MR) is 105 cm³/mol. The minimum atomic E-state index is -0.479. The molecule has 1 aromatic heterocycles. The van der Waals surface area contributed by atoms with Crippen molar-refractivity contribution in [1.82, 2.24) is 14.8 Å². The van der Waals surface area contributed by atoms with Gasteiger partial charge in [-0.15, -0.1) is 0 Å². The first-order valence-electron chi connectivity index (χ1n) is 9.08. The zero-order valence-corrected chi connectivity index (χ0v) is 16.2. The summed E-state index contributed by atoms with van der Waals surface area (Å²) < 4.78 is 1.11. The Bertz CT molecular complexity index is 791. The molecule has 0 unspecified atom stereocenters. The van der Waals surface area contributed by atoms with E-state index in [1.165, 1.54) is 0 Å². The second kappa shape index (κ2) is 7.68. The molecular weight excluding hydrogens is 372 g/mol. The van der Waals surface area contributed by atoms with Crippen LogP contribution in [0.25, 0.3) is 10.2 Å². The number of carbonyl (C=O) groups is 1. The Hall–Kier alpha value is -1.41. The summed E-state index contributed by atoms with van der Waals surface area (Å²) >= 11 is 7.73. The van der Waals surface area contributed by atoms with Crippen molar-refractivity contribution in [2.24, 2.45) is 0 Å². The third-order valence-electron chi connectivity index (χ3n) is 5.05. The third-order valence-corrected chi connectivity index (χ3v) is 6.37. The number of aromatic nitrogens is 1. The normalized spacial score (nSPS) is 20.3. The lowest BCUT2D eigenvalue weighted by atomic mass is 10.2. The van der Waals surface area contributed by atoms with Gasteiger partial charge in [-0.05, 0) is 24.6 Å². The van der Waals surface area contributed by atoms with E-state index in [9.17, 15) is 9.90 Å². The van der Waals surface area contributed by atoms with Gasteiger partial charge in [0.15, 0.2) is 5.13 Å². The molecule has 2 saturated heterocycles. The van der Waals surface area contributed by atoms with Crippen LogP contribution in [-0.2, 0) is 4.79 Å². The number of aliphatic hydroxyl groups excluding tert-OH is 1. The molecule has 0 bridgehead atoms. The first-order valence-corrected chi connectivity index (χ1v) is 10.3. The molecule has 2 aliphatic heterocycles. The number of β-amino-alcohol motifs (C(OH)–C–C–N with tert-alkyl or cyclic N) is 1. The van der Waals surface area contributed by atoms with Crippen LogP contribution in [0.2, 0.25) is 5.02 Å². The number of piperazine rings is 1. The first-order chi connectivity index (χ1) is 12.6. The van der Waals surface area contributed by atoms with E-state index in [-0.39, 0.29) is 5.91 Å². The molecule has 1 amide bonds. The molecule has 0 radical (unpaired) electrons. The fraction of sp³-hybridized carbons (Fsp3) is 0.556. The Balaban J connectivity index is 1.29. The summed E-state index contributed by atoms with van der Waals surface area (Å²) in [5.74, 6) is 0.171. The van der Waals surface area contributed by atoms with Gasteiger partial charge in [0.2, 0.25) is 5.91 Å². The Kier molecular flexibility index (Phi) is 5.31. The SMILES string of the molecule is O=C1CCCN1C[C@H](O)CN1CCN(c2nc3ccc(Cl)cc3s2)CC1. The molecule has 4 rings (SSSR count). The van der Waals surface area contributed by atoms with E-state index in [0.29, 0.717) is 19.5 Å². The first kappa shape index (κ1) is 18.0. The summed E-state index contributed by atoms with van der Waals surface area (Å²) in [6.07, 6.45) is 1.06. The number of aliphatic hydroxyl groups is 1. The highest BCUT2D eigenvalue weighted by atomic mass is 35.5. The number of likely N-dealkylation sites (tertiary alicyclic amines) is 1. The van der Waals surface area contributed by atoms with Crippen LogP contribution in [0.4, 0.5) is 5.13 Å². The van der Waals surface area contributed by atoms with Crippen molar-refractivity contribution in [3.63, 3.8) is 0 Å². The number of thiazole rings is 1. The summed E-state index contributed by atoms with van der Waals surface area (Å²) in [6, 6.07) is 5.80. The van der Waals surface area contributed by atoms with Crippen LogP contribution in [0.15, 0.2) is 18.2 Å². The monoisotopic (exact) mass is 394 g/mol. The molecule has 2 aromatic rings. The molecule has 2 aliphatic rings. The number of hydrogen-bond donors (Lipinski definition) is 1.